The lowest BCUT2D eigenvalue weighted by atomic mass is 10.1. The van der Waals surface area contributed by atoms with E-state index < -0.39 is 0 Å². The number of nitrogens with zero attached hydrogens (tertiary/aromatic N) is 1. The summed E-state index contributed by atoms with van der Waals surface area (Å²) in [5, 5.41) is 5.69. The average molecular weight is 417 g/mol. The molecule has 5 nitrogen and oxygen atoms in total. The molecule has 2 N–H and O–H groups in total. The summed E-state index contributed by atoms with van der Waals surface area (Å²) in [6, 6.07) is 23.0. The first-order valence-corrected chi connectivity index (χ1v) is 10.3. The van der Waals surface area contributed by atoms with Crippen molar-refractivity contribution in [1.29, 1.82) is 0 Å². The molecule has 0 aliphatic heterocycles. The molecule has 158 valence electrons. The van der Waals surface area contributed by atoms with E-state index in [0.29, 0.717) is 29.0 Å². The Morgan fingerprint density at radius 1 is 0.871 bits per heavy atom. The van der Waals surface area contributed by atoms with Gasteiger partial charge in [0.15, 0.2) is 0 Å². The van der Waals surface area contributed by atoms with E-state index in [1.54, 1.807) is 54.6 Å². The van der Waals surface area contributed by atoms with Gasteiger partial charge in [0.1, 0.15) is 5.82 Å². The maximum absolute atomic E-state index is 14.1. The number of hydrogen-bond acceptors (Lipinski definition) is 3. The van der Waals surface area contributed by atoms with E-state index in [-0.39, 0.29) is 30.2 Å². The van der Waals surface area contributed by atoms with Gasteiger partial charge >= 0.3 is 0 Å². The van der Waals surface area contributed by atoms with Gasteiger partial charge in [-0.3, -0.25) is 14.5 Å². The van der Waals surface area contributed by atoms with Crippen LogP contribution in [0.5, 0.6) is 0 Å². The van der Waals surface area contributed by atoms with Crippen LogP contribution in [0.1, 0.15) is 28.8 Å². The topological polar surface area (TPSA) is 61.4 Å². The zero-order valence-corrected chi connectivity index (χ0v) is 17.1. The van der Waals surface area contributed by atoms with Crippen LogP contribution < -0.4 is 10.6 Å². The number of para-hydroxylation sites is 2. The van der Waals surface area contributed by atoms with Crippen LogP contribution in [0.3, 0.4) is 0 Å². The number of halogens is 1. The molecule has 1 aliphatic rings. The van der Waals surface area contributed by atoms with Crippen molar-refractivity contribution in [3.63, 3.8) is 0 Å². The molecule has 0 bridgehead atoms. The highest BCUT2D eigenvalue weighted by molar-refractivity contribution is 6.10. The molecule has 1 aliphatic carbocycles. The number of benzene rings is 3. The maximum Gasteiger partial charge on any atom is 0.257 e. The van der Waals surface area contributed by atoms with Gasteiger partial charge in [0.25, 0.3) is 5.91 Å². The van der Waals surface area contributed by atoms with Gasteiger partial charge in [-0.15, -0.1) is 0 Å². The standard InChI is InChI=1S/C25H24FN3O2/c26-22-12-6-4-8-18(22)16-29(20-14-15-20)17-24(30)28-23-13-7-5-11-21(23)25(31)27-19-9-2-1-3-10-19/h1-13,20H,14-17H2,(H,27,31)(H,28,30). The molecule has 0 atom stereocenters. The Morgan fingerprint density at radius 2 is 1.55 bits per heavy atom. The molecule has 0 radical (unpaired) electrons. The highest BCUT2D eigenvalue weighted by Crippen LogP contribution is 2.29. The van der Waals surface area contributed by atoms with Crippen LogP contribution in [0.25, 0.3) is 0 Å². The van der Waals surface area contributed by atoms with E-state index >= 15 is 0 Å². The highest BCUT2D eigenvalue weighted by atomic mass is 19.1. The van der Waals surface area contributed by atoms with Crippen LogP contribution in [0.15, 0.2) is 78.9 Å². The number of hydrogen-bond donors (Lipinski definition) is 2. The van der Waals surface area contributed by atoms with Crippen molar-refractivity contribution in [3.05, 3.63) is 95.8 Å². The first-order chi connectivity index (χ1) is 15.1. The van der Waals surface area contributed by atoms with E-state index in [1.165, 1.54) is 6.07 Å². The summed E-state index contributed by atoms with van der Waals surface area (Å²) in [6.07, 6.45) is 2.00. The summed E-state index contributed by atoms with van der Waals surface area (Å²) >= 11 is 0. The third-order valence-corrected chi connectivity index (χ3v) is 5.22. The largest absolute Gasteiger partial charge is 0.324 e. The lowest BCUT2D eigenvalue weighted by molar-refractivity contribution is -0.117. The molecule has 3 aromatic carbocycles. The predicted octanol–water partition coefficient (Wildman–Crippen LogP) is 4.68. The SMILES string of the molecule is O=C(CN(Cc1ccccc1F)C1CC1)Nc1ccccc1C(=O)Nc1ccccc1. The summed E-state index contributed by atoms with van der Waals surface area (Å²) in [6.45, 7) is 0.508. The van der Waals surface area contributed by atoms with Crippen molar-refractivity contribution >= 4 is 23.2 Å². The molecule has 2 amide bonds. The lowest BCUT2D eigenvalue weighted by Crippen LogP contribution is -2.35. The van der Waals surface area contributed by atoms with Crippen molar-refractivity contribution in [3.8, 4) is 0 Å². The van der Waals surface area contributed by atoms with Gasteiger partial charge in [-0.2, -0.15) is 0 Å². The van der Waals surface area contributed by atoms with Crippen LogP contribution in [-0.2, 0) is 11.3 Å². The fraction of sp³-hybridized carbons (Fsp3) is 0.200. The Labute approximate surface area is 180 Å². The smallest absolute Gasteiger partial charge is 0.257 e. The molecule has 0 spiro atoms. The van der Waals surface area contributed by atoms with Gasteiger partial charge in [0, 0.05) is 23.8 Å². The second kappa shape index (κ2) is 9.53. The van der Waals surface area contributed by atoms with Crippen molar-refractivity contribution in [2.75, 3.05) is 17.2 Å². The summed E-state index contributed by atoms with van der Waals surface area (Å²) in [5.74, 6) is -0.799. The van der Waals surface area contributed by atoms with Crippen molar-refractivity contribution in [1.82, 2.24) is 4.90 Å². The molecule has 3 aromatic rings. The number of rotatable bonds is 8. The molecule has 0 unspecified atom stereocenters. The van der Waals surface area contributed by atoms with Gasteiger partial charge in [-0.25, -0.2) is 4.39 Å². The predicted molar refractivity (Wildman–Crippen MR) is 119 cm³/mol. The molecule has 4 rings (SSSR count). The van der Waals surface area contributed by atoms with Gasteiger partial charge in [-0.05, 0) is 43.2 Å². The molecule has 0 aromatic heterocycles. The van der Waals surface area contributed by atoms with Gasteiger partial charge in [-0.1, -0.05) is 48.5 Å². The Morgan fingerprint density at radius 3 is 2.29 bits per heavy atom. The van der Waals surface area contributed by atoms with E-state index in [4.69, 9.17) is 0 Å². The third-order valence-electron chi connectivity index (χ3n) is 5.22. The van der Waals surface area contributed by atoms with Gasteiger partial charge < -0.3 is 10.6 Å². The zero-order valence-electron chi connectivity index (χ0n) is 17.1. The molecular weight excluding hydrogens is 393 g/mol. The molecule has 1 fully saturated rings. The van der Waals surface area contributed by atoms with Crippen molar-refractivity contribution < 1.29 is 14.0 Å². The molecule has 0 saturated heterocycles. The monoisotopic (exact) mass is 417 g/mol. The minimum Gasteiger partial charge on any atom is -0.324 e. The van der Waals surface area contributed by atoms with Crippen LogP contribution in [0.4, 0.5) is 15.8 Å². The number of anilines is 2. The molecular formula is C25H24FN3O2. The first kappa shape index (κ1) is 20.8. The Balaban J connectivity index is 1.43. The average Bonchev–Trinajstić information content (AvgIpc) is 3.61. The van der Waals surface area contributed by atoms with E-state index in [0.717, 1.165) is 12.8 Å². The summed E-state index contributed by atoms with van der Waals surface area (Å²) < 4.78 is 14.1. The van der Waals surface area contributed by atoms with Crippen molar-refractivity contribution in [2.45, 2.75) is 25.4 Å². The number of amides is 2. The fourth-order valence-electron chi connectivity index (χ4n) is 3.48. The summed E-state index contributed by atoms with van der Waals surface area (Å²) in [4.78, 5) is 27.5. The quantitative estimate of drug-likeness (QED) is 0.559. The summed E-state index contributed by atoms with van der Waals surface area (Å²) in [5.41, 5.74) is 2.08. The molecule has 31 heavy (non-hydrogen) atoms. The fourth-order valence-corrected chi connectivity index (χ4v) is 3.48. The number of carbonyl (C=O) groups is 2. The maximum atomic E-state index is 14.1. The minimum atomic E-state index is -0.299. The lowest BCUT2D eigenvalue weighted by Gasteiger charge is -2.22. The Hall–Kier alpha value is -3.51. The summed E-state index contributed by atoms with van der Waals surface area (Å²) in [7, 11) is 0. The van der Waals surface area contributed by atoms with Crippen LogP contribution in [0, 0.1) is 5.82 Å². The number of carbonyl (C=O) groups excluding carboxylic acids is 2. The van der Waals surface area contributed by atoms with E-state index in [2.05, 4.69) is 10.6 Å². The van der Waals surface area contributed by atoms with Gasteiger partial charge in [0.2, 0.25) is 5.91 Å². The van der Waals surface area contributed by atoms with E-state index in [1.807, 2.05) is 23.1 Å². The Bertz CT molecular complexity index is 1070. The van der Waals surface area contributed by atoms with Crippen LogP contribution in [-0.4, -0.2) is 29.3 Å². The molecule has 0 heterocycles. The van der Waals surface area contributed by atoms with Crippen molar-refractivity contribution in [2.24, 2.45) is 0 Å². The second-order valence-corrected chi connectivity index (χ2v) is 7.64. The molecule has 6 heteroatoms. The van der Waals surface area contributed by atoms with Crippen LogP contribution in [0.2, 0.25) is 0 Å². The normalized spacial score (nSPS) is 13.1. The second-order valence-electron chi connectivity index (χ2n) is 7.64. The zero-order chi connectivity index (χ0) is 21.6. The first-order valence-electron chi connectivity index (χ1n) is 10.3. The minimum absolute atomic E-state index is 0.133. The van der Waals surface area contributed by atoms with E-state index in [9.17, 15) is 14.0 Å². The molecule has 1 saturated carbocycles. The van der Waals surface area contributed by atoms with Crippen LogP contribution >= 0.6 is 0 Å². The number of nitrogens with one attached hydrogen (secondary N) is 2. The Kier molecular flexibility index (Phi) is 6.38. The van der Waals surface area contributed by atoms with Gasteiger partial charge in [0.05, 0.1) is 17.8 Å². The third kappa shape index (κ3) is 5.55. The highest BCUT2D eigenvalue weighted by Gasteiger charge is 2.31.